The van der Waals surface area contributed by atoms with Crippen LogP contribution in [-0.2, 0) is 14.3 Å². The Morgan fingerprint density at radius 3 is 2.57 bits per heavy atom. The van der Waals surface area contributed by atoms with Crippen molar-refractivity contribution in [2.75, 3.05) is 0 Å². The van der Waals surface area contributed by atoms with Crippen LogP contribution in [0.25, 0.3) is 0 Å². The number of carboxylic acid groups (broad SMARTS) is 1. The second kappa shape index (κ2) is 4.55. The van der Waals surface area contributed by atoms with E-state index in [1.165, 1.54) is 6.92 Å². The minimum Gasteiger partial charge on any atom is -0.481 e. The number of aliphatic carboxylic acids is 1. The maximum Gasteiger partial charge on any atom is 0.305 e. The van der Waals surface area contributed by atoms with Gasteiger partial charge in [0.2, 0.25) is 0 Å². The summed E-state index contributed by atoms with van der Waals surface area (Å²) in [7, 11) is 0. The van der Waals surface area contributed by atoms with Crippen molar-refractivity contribution in [1.82, 2.24) is 0 Å². The summed E-state index contributed by atoms with van der Waals surface area (Å²) in [5, 5.41) is 8.59. The van der Waals surface area contributed by atoms with E-state index in [4.69, 9.17) is 9.84 Å². The molecule has 1 N–H and O–H groups in total. The van der Waals surface area contributed by atoms with E-state index in [0.717, 1.165) is 12.8 Å². The number of ketones is 1. The van der Waals surface area contributed by atoms with Gasteiger partial charge in [0.1, 0.15) is 6.10 Å². The first-order chi connectivity index (χ1) is 6.50. The molecule has 4 heteroatoms. The maximum absolute atomic E-state index is 11.2. The van der Waals surface area contributed by atoms with E-state index in [9.17, 15) is 9.59 Å². The molecule has 0 aromatic rings. The van der Waals surface area contributed by atoms with Crippen LogP contribution in [-0.4, -0.2) is 29.1 Å². The highest BCUT2D eigenvalue weighted by molar-refractivity contribution is 5.80. The van der Waals surface area contributed by atoms with E-state index in [1.807, 2.05) is 6.92 Å². The van der Waals surface area contributed by atoms with Gasteiger partial charge in [-0.1, -0.05) is 6.92 Å². The molecule has 3 atom stereocenters. The molecular formula is C10H16O4. The summed E-state index contributed by atoms with van der Waals surface area (Å²) in [6.07, 6.45) is 0.890. The first kappa shape index (κ1) is 11.2. The lowest BCUT2D eigenvalue weighted by Crippen LogP contribution is -2.39. The van der Waals surface area contributed by atoms with Gasteiger partial charge in [-0.15, -0.1) is 0 Å². The van der Waals surface area contributed by atoms with Crippen LogP contribution < -0.4 is 0 Å². The first-order valence-electron chi connectivity index (χ1n) is 4.88. The van der Waals surface area contributed by atoms with Crippen molar-refractivity contribution in [3.05, 3.63) is 0 Å². The molecule has 0 bridgehead atoms. The average Bonchev–Trinajstić information content (AvgIpc) is 2.07. The minimum atomic E-state index is -0.869. The SMILES string of the molecule is CC(=O)[C@H]1O[C@@H](CC(=O)O)CC[C@@H]1C. The maximum atomic E-state index is 11.2. The minimum absolute atomic E-state index is 0.00347. The summed E-state index contributed by atoms with van der Waals surface area (Å²) in [6, 6.07) is 0. The molecular weight excluding hydrogens is 184 g/mol. The van der Waals surface area contributed by atoms with Gasteiger partial charge in [-0.3, -0.25) is 9.59 Å². The Morgan fingerprint density at radius 1 is 1.43 bits per heavy atom. The van der Waals surface area contributed by atoms with Crippen LogP contribution >= 0.6 is 0 Å². The Balaban J connectivity index is 2.53. The van der Waals surface area contributed by atoms with E-state index in [2.05, 4.69) is 0 Å². The van der Waals surface area contributed by atoms with Gasteiger partial charge in [0.15, 0.2) is 5.78 Å². The van der Waals surface area contributed by atoms with Crippen molar-refractivity contribution in [1.29, 1.82) is 0 Å². The molecule has 1 heterocycles. The number of carbonyl (C=O) groups is 2. The second-order valence-electron chi connectivity index (χ2n) is 3.94. The topological polar surface area (TPSA) is 63.6 Å². The second-order valence-corrected chi connectivity index (χ2v) is 3.94. The van der Waals surface area contributed by atoms with Gasteiger partial charge in [-0.05, 0) is 25.7 Å². The van der Waals surface area contributed by atoms with Gasteiger partial charge < -0.3 is 9.84 Å². The quantitative estimate of drug-likeness (QED) is 0.744. The molecule has 1 aliphatic rings. The zero-order chi connectivity index (χ0) is 10.7. The van der Waals surface area contributed by atoms with Crippen molar-refractivity contribution in [3.8, 4) is 0 Å². The average molecular weight is 200 g/mol. The molecule has 14 heavy (non-hydrogen) atoms. The third-order valence-corrected chi connectivity index (χ3v) is 2.60. The van der Waals surface area contributed by atoms with Crippen LogP contribution in [0.3, 0.4) is 0 Å². The number of carboxylic acids is 1. The summed E-state index contributed by atoms with van der Waals surface area (Å²) in [6.45, 7) is 3.45. The molecule has 1 rings (SSSR count). The largest absolute Gasteiger partial charge is 0.481 e. The number of hydrogen-bond donors (Lipinski definition) is 1. The normalized spacial score (nSPS) is 32.6. The Bertz CT molecular complexity index is 236. The zero-order valence-corrected chi connectivity index (χ0v) is 8.53. The van der Waals surface area contributed by atoms with Gasteiger partial charge in [-0.2, -0.15) is 0 Å². The lowest BCUT2D eigenvalue weighted by atomic mass is 9.90. The van der Waals surface area contributed by atoms with Gasteiger partial charge in [0, 0.05) is 0 Å². The van der Waals surface area contributed by atoms with Crippen LogP contribution in [0.5, 0.6) is 0 Å². The smallest absolute Gasteiger partial charge is 0.305 e. The molecule has 1 fully saturated rings. The molecule has 4 nitrogen and oxygen atoms in total. The molecule has 1 saturated heterocycles. The van der Waals surface area contributed by atoms with E-state index in [0.29, 0.717) is 0 Å². The Kier molecular flexibility index (Phi) is 3.63. The number of rotatable bonds is 3. The third kappa shape index (κ3) is 2.80. The van der Waals surface area contributed by atoms with Gasteiger partial charge in [0.05, 0.1) is 12.5 Å². The molecule has 0 aromatic carbocycles. The number of Topliss-reactive ketones (excluding diaryl/α,β-unsaturated/α-hetero) is 1. The van der Waals surface area contributed by atoms with E-state index >= 15 is 0 Å². The van der Waals surface area contributed by atoms with E-state index < -0.39 is 12.1 Å². The fourth-order valence-corrected chi connectivity index (χ4v) is 1.85. The molecule has 0 unspecified atom stereocenters. The van der Waals surface area contributed by atoms with Gasteiger partial charge >= 0.3 is 5.97 Å². The predicted octanol–water partition coefficient (Wildman–Crippen LogP) is 1.23. The lowest BCUT2D eigenvalue weighted by molar-refractivity contribution is -0.153. The van der Waals surface area contributed by atoms with Crippen LogP contribution in [0, 0.1) is 5.92 Å². The van der Waals surface area contributed by atoms with Crippen molar-refractivity contribution < 1.29 is 19.4 Å². The molecule has 1 aliphatic heterocycles. The lowest BCUT2D eigenvalue weighted by Gasteiger charge is -2.32. The number of carbonyl (C=O) groups excluding carboxylic acids is 1. The zero-order valence-electron chi connectivity index (χ0n) is 8.53. The summed E-state index contributed by atoms with van der Waals surface area (Å²) in [5.74, 6) is -0.669. The third-order valence-electron chi connectivity index (χ3n) is 2.60. The molecule has 0 aliphatic carbocycles. The standard InChI is InChI=1S/C10H16O4/c1-6-3-4-8(5-9(12)13)14-10(6)7(2)11/h6,8,10H,3-5H2,1-2H3,(H,12,13)/t6-,8+,10-/m0/s1. The Labute approximate surface area is 83.2 Å². The highest BCUT2D eigenvalue weighted by Crippen LogP contribution is 2.26. The summed E-state index contributed by atoms with van der Waals surface area (Å²) < 4.78 is 5.44. The monoisotopic (exact) mass is 200 g/mol. The number of hydrogen-bond acceptors (Lipinski definition) is 3. The van der Waals surface area contributed by atoms with Crippen molar-refractivity contribution in [2.45, 2.75) is 45.3 Å². The van der Waals surface area contributed by atoms with E-state index in [-0.39, 0.29) is 24.2 Å². The molecule has 80 valence electrons. The van der Waals surface area contributed by atoms with Gasteiger partial charge in [0.25, 0.3) is 0 Å². The summed E-state index contributed by atoms with van der Waals surface area (Å²) in [4.78, 5) is 21.6. The Morgan fingerprint density at radius 2 is 2.07 bits per heavy atom. The van der Waals surface area contributed by atoms with Crippen LogP contribution in [0.4, 0.5) is 0 Å². The number of ether oxygens (including phenoxy) is 1. The van der Waals surface area contributed by atoms with Crippen molar-refractivity contribution in [3.63, 3.8) is 0 Å². The summed E-state index contributed by atoms with van der Waals surface area (Å²) in [5.41, 5.74) is 0. The fourth-order valence-electron chi connectivity index (χ4n) is 1.85. The highest BCUT2D eigenvalue weighted by Gasteiger charge is 2.32. The Hall–Kier alpha value is -0.900. The van der Waals surface area contributed by atoms with Gasteiger partial charge in [-0.25, -0.2) is 0 Å². The fraction of sp³-hybridized carbons (Fsp3) is 0.800. The molecule has 0 saturated carbocycles. The molecule has 0 amide bonds. The molecule has 0 radical (unpaired) electrons. The van der Waals surface area contributed by atoms with Crippen molar-refractivity contribution >= 4 is 11.8 Å². The van der Waals surface area contributed by atoms with Crippen molar-refractivity contribution in [2.24, 2.45) is 5.92 Å². The molecule has 0 aromatic heterocycles. The van der Waals surface area contributed by atoms with E-state index in [1.54, 1.807) is 0 Å². The highest BCUT2D eigenvalue weighted by atomic mass is 16.5. The van der Waals surface area contributed by atoms with Crippen LogP contribution in [0.1, 0.15) is 33.1 Å². The first-order valence-corrected chi connectivity index (χ1v) is 4.88. The molecule has 0 spiro atoms. The van der Waals surface area contributed by atoms with Crippen LogP contribution in [0.2, 0.25) is 0 Å². The van der Waals surface area contributed by atoms with Crippen LogP contribution in [0.15, 0.2) is 0 Å². The summed E-state index contributed by atoms with van der Waals surface area (Å²) >= 11 is 0. The predicted molar refractivity (Wildman–Crippen MR) is 50.0 cm³/mol.